The molecule has 2 N–H and O–H groups in total. The van der Waals surface area contributed by atoms with Gasteiger partial charge in [-0.2, -0.15) is 0 Å². The van der Waals surface area contributed by atoms with Crippen LogP contribution in [0.4, 0.5) is 0 Å². The summed E-state index contributed by atoms with van der Waals surface area (Å²) in [6.07, 6.45) is 12.3. The lowest BCUT2D eigenvalue weighted by atomic mass is 9.86. The van der Waals surface area contributed by atoms with Crippen LogP contribution >= 0.6 is 0 Å². The van der Waals surface area contributed by atoms with E-state index >= 15 is 14.4 Å². The first-order chi connectivity index (χ1) is 27.7. The first-order valence-corrected chi connectivity index (χ1v) is 22.0. The van der Waals surface area contributed by atoms with Crippen LogP contribution in [0.15, 0.2) is 50.8 Å². The van der Waals surface area contributed by atoms with Crippen molar-refractivity contribution < 1.29 is 5.11 Å². The van der Waals surface area contributed by atoms with Crippen LogP contribution in [0.25, 0.3) is 75.9 Å². The molecule has 0 unspecified atom stereocenters. The molecule has 4 aromatic heterocycles. The van der Waals surface area contributed by atoms with E-state index in [1.54, 1.807) is 0 Å². The Morgan fingerprint density at radius 1 is 0.552 bits per heavy atom. The second kappa shape index (κ2) is 15.0. The number of aromatic amines is 1. The number of hydrogen-bond donors (Lipinski definition) is 2. The topological polar surface area (TPSA) is 110 Å². The minimum Gasteiger partial charge on any atom is -0.494 e. The highest BCUT2D eigenvalue weighted by Crippen LogP contribution is 2.48. The molecule has 4 heterocycles. The van der Waals surface area contributed by atoms with Gasteiger partial charge in [0, 0.05) is 50.9 Å². The summed E-state index contributed by atoms with van der Waals surface area (Å²) in [6.45, 7) is 18.0. The van der Waals surface area contributed by atoms with Crippen LogP contribution in [0, 0.1) is 0 Å². The molecule has 0 spiro atoms. The Balaban J connectivity index is 1.55. The van der Waals surface area contributed by atoms with Crippen LogP contribution < -0.4 is 16.7 Å². The van der Waals surface area contributed by atoms with Crippen LogP contribution in [0.1, 0.15) is 144 Å². The first kappa shape index (κ1) is 39.8. The fraction of sp³-hybridized carbons (Fsp3) is 0.480. The lowest BCUT2D eigenvalue weighted by molar-refractivity contribution is 0.406. The number of hydrogen-bond acceptors (Lipinski definition) is 5. The molecule has 58 heavy (non-hydrogen) atoms. The summed E-state index contributed by atoms with van der Waals surface area (Å²) in [5.74, 6) is -0.160. The smallest absolute Gasteiger partial charge is 0.263 e. The zero-order valence-electron chi connectivity index (χ0n) is 35.9. The largest absolute Gasteiger partial charge is 0.494 e. The van der Waals surface area contributed by atoms with Crippen molar-refractivity contribution in [1.29, 1.82) is 0 Å². The van der Waals surface area contributed by atoms with E-state index in [9.17, 15) is 5.11 Å². The number of aromatic hydroxyl groups is 1. The summed E-state index contributed by atoms with van der Waals surface area (Å²) < 4.78 is 2.96. The number of rotatable bonds is 14. The maximum absolute atomic E-state index is 15.2. The molecule has 8 rings (SSSR count). The average Bonchev–Trinajstić information content (AvgIpc) is 3.74. The highest BCUT2D eigenvalue weighted by atomic mass is 16.3. The Morgan fingerprint density at radius 3 is 1.66 bits per heavy atom. The Kier molecular flexibility index (Phi) is 10.3. The maximum Gasteiger partial charge on any atom is 0.263 e. The third-order valence-electron chi connectivity index (χ3n) is 12.8. The van der Waals surface area contributed by atoms with Gasteiger partial charge in [-0.25, -0.2) is 4.98 Å². The normalized spacial score (nSPS) is 13.0. The van der Waals surface area contributed by atoms with E-state index in [1.165, 1.54) is 22.0 Å². The molecule has 0 saturated carbocycles. The van der Waals surface area contributed by atoms with Gasteiger partial charge in [-0.3, -0.25) is 23.5 Å². The summed E-state index contributed by atoms with van der Waals surface area (Å²) in [5.41, 5.74) is 3.49. The molecule has 0 aliphatic carbocycles. The Morgan fingerprint density at radius 2 is 1.05 bits per heavy atom. The molecule has 8 heteroatoms. The number of benzene rings is 4. The molecule has 0 saturated heterocycles. The highest BCUT2D eigenvalue weighted by molar-refractivity contribution is 6.44. The van der Waals surface area contributed by atoms with E-state index in [0.29, 0.717) is 73.6 Å². The van der Waals surface area contributed by atoms with E-state index < -0.39 is 0 Å². The Hall–Kier alpha value is -4.98. The lowest BCUT2D eigenvalue weighted by Crippen LogP contribution is -2.34. The van der Waals surface area contributed by atoms with Crippen molar-refractivity contribution in [1.82, 2.24) is 19.1 Å². The van der Waals surface area contributed by atoms with Crippen molar-refractivity contribution in [2.75, 3.05) is 0 Å². The molecule has 0 bridgehead atoms. The molecule has 0 amide bonds. The minimum absolute atomic E-state index is 0.137. The van der Waals surface area contributed by atoms with Crippen LogP contribution in [-0.2, 0) is 23.9 Å². The van der Waals surface area contributed by atoms with Gasteiger partial charge in [0.15, 0.2) is 0 Å². The molecule has 4 aromatic carbocycles. The summed E-state index contributed by atoms with van der Waals surface area (Å²) in [4.78, 5) is 54.3. The van der Waals surface area contributed by atoms with Gasteiger partial charge in [-0.15, -0.1) is 0 Å². The Bertz CT molecular complexity index is 2990. The summed E-state index contributed by atoms with van der Waals surface area (Å²) in [5, 5.41) is 17.9. The summed E-state index contributed by atoms with van der Waals surface area (Å²) >= 11 is 0. The van der Waals surface area contributed by atoms with Crippen molar-refractivity contribution in [2.45, 2.75) is 156 Å². The third-order valence-corrected chi connectivity index (χ3v) is 12.8. The molecule has 0 radical (unpaired) electrons. The predicted molar refractivity (Wildman–Crippen MR) is 244 cm³/mol. The molecular formula is C50H60N4O4. The number of unbranched alkanes of at least 4 members (excludes halogenated alkanes) is 10. The molecule has 0 fully saturated rings. The van der Waals surface area contributed by atoms with Crippen LogP contribution in [-0.4, -0.2) is 24.2 Å². The number of nitrogens with one attached hydrogen (secondary N) is 1. The number of fused-ring (bicyclic) bond motifs is 10. The van der Waals surface area contributed by atoms with Crippen LogP contribution in [0.2, 0.25) is 0 Å². The van der Waals surface area contributed by atoms with Gasteiger partial charge >= 0.3 is 0 Å². The van der Waals surface area contributed by atoms with Crippen molar-refractivity contribution in [3.63, 3.8) is 0 Å². The molecule has 0 aliphatic rings. The van der Waals surface area contributed by atoms with E-state index in [4.69, 9.17) is 4.98 Å². The van der Waals surface area contributed by atoms with Gasteiger partial charge in [-0.05, 0) is 46.9 Å². The summed E-state index contributed by atoms with van der Waals surface area (Å²) in [6, 6.07) is 12.5. The van der Waals surface area contributed by atoms with E-state index in [1.807, 2.05) is 6.07 Å². The van der Waals surface area contributed by atoms with Crippen molar-refractivity contribution in [3.8, 4) is 5.88 Å². The second-order valence-corrected chi connectivity index (χ2v) is 19.0. The number of pyridine rings is 2. The predicted octanol–water partition coefficient (Wildman–Crippen LogP) is 12.1. The van der Waals surface area contributed by atoms with Crippen molar-refractivity contribution in [3.05, 3.63) is 78.6 Å². The number of aromatic nitrogens is 4. The molecule has 0 atom stereocenters. The molecule has 8 nitrogen and oxygen atoms in total. The van der Waals surface area contributed by atoms with Gasteiger partial charge in [-0.1, -0.05) is 144 Å². The number of nitrogens with zero attached hydrogens (tertiary/aromatic N) is 3. The van der Waals surface area contributed by atoms with Crippen LogP contribution in [0.3, 0.4) is 0 Å². The third kappa shape index (κ3) is 6.42. The fourth-order valence-corrected chi connectivity index (χ4v) is 9.49. The monoisotopic (exact) mass is 780 g/mol. The van der Waals surface area contributed by atoms with Crippen LogP contribution in [0.5, 0.6) is 5.88 Å². The number of H-pyrrole nitrogens is 1. The van der Waals surface area contributed by atoms with Crippen molar-refractivity contribution >= 4 is 75.9 Å². The van der Waals surface area contributed by atoms with E-state index in [2.05, 4.69) is 90.7 Å². The SMILES string of the molecule is CCCCCCCCn1c(O)c2c3nc4cc(C(C)(C)C)ccc4c3c3c(=O)n(CCCCCCCC)c(=O)c4c5c6ccc(C(C)(C)C)cc6[nH]c5c(c1=O)c2c34. The highest BCUT2D eigenvalue weighted by Gasteiger charge is 2.31. The quantitative estimate of drug-likeness (QED) is 0.0843. The van der Waals surface area contributed by atoms with Crippen molar-refractivity contribution in [2.24, 2.45) is 0 Å². The van der Waals surface area contributed by atoms with Gasteiger partial charge < -0.3 is 10.1 Å². The van der Waals surface area contributed by atoms with E-state index in [-0.39, 0.29) is 33.4 Å². The summed E-state index contributed by atoms with van der Waals surface area (Å²) in [7, 11) is 0. The standard InChI is InChI=1S/C50H60N4O4/c1-9-11-13-15-17-19-25-53-45(55)39-35-31-23-21-29(49(3,4)5)27-33(31)51-43(35)41-38-37(39)40(46(53)56)36-32-24-22-30(50(6,7)8)28-34(32)52-44(36)42(38)48(58)54(47(41)57)26-20-18-16-14-12-10-2/h21-24,27-28,51,58H,9-20,25-26H2,1-8H3. The van der Waals surface area contributed by atoms with Gasteiger partial charge in [0.2, 0.25) is 5.88 Å². The zero-order valence-corrected chi connectivity index (χ0v) is 35.9. The first-order valence-electron chi connectivity index (χ1n) is 22.0. The maximum atomic E-state index is 15.2. The molecule has 304 valence electrons. The fourth-order valence-electron chi connectivity index (χ4n) is 9.49. The minimum atomic E-state index is -0.363. The Labute approximate surface area is 339 Å². The average molecular weight is 781 g/mol. The van der Waals surface area contributed by atoms with Gasteiger partial charge in [0.1, 0.15) is 0 Å². The molecule has 8 aromatic rings. The van der Waals surface area contributed by atoms with Gasteiger partial charge in [0.05, 0.1) is 38.1 Å². The lowest BCUT2D eigenvalue weighted by Gasteiger charge is -2.19. The van der Waals surface area contributed by atoms with E-state index in [0.717, 1.165) is 90.7 Å². The van der Waals surface area contributed by atoms with Gasteiger partial charge in [0.25, 0.3) is 16.7 Å². The second-order valence-electron chi connectivity index (χ2n) is 19.0. The molecule has 0 aliphatic heterocycles. The zero-order chi connectivity index (χ0) is 41.3. The molecular weight excluding hydrogens is 721 g/mol.